The molecule has 0 aliphatic carbocycles. The maximum atomic E-state index is 12.9. The Morgan fingerprint density at radius 3 is 2.57 bits per heavy atom. The van der Waals surface area contributed by atoms with E-state index < -0.39 is 0 Å². The number of nitrogens with one attached hydrogen (secondary N) is 1. The van der Waals surface area contributed by atoms with Crippen molar-refractivity contribution in [3.63, 3.8) is 0 Å². The standard InChI is InChI=1S/C16H19FN2OS/c1-11-3-8-16(20-2)14(9-11)15(19-18)10-21-13-6-4-12(17)5-7-13/h3-9,15,19H,10,18H2,1-2H3. The molecule has 0 aliphatic heterocycles. The molecule has 0 amide bonds. The number of halogens is 1. The molecule has 2 rings (SSSR count). The van der Waals surface area contributed by atoms with E-state index in [2.05, 4.69) is 11.5 Å². The molecule has 1 unspecified atom stereocenters. The average Bonchev–Trinajstić information content (AvgIpc) is 2.50. The molecule has 0 aromatic heterocycles. The summed E-state index contributed by atoms with van der Waals surface area (Å²) in [7, 11) is 1.65. The van der Waals surface area contributed by atoms with Crippen LogP contribution in [-0.4, -0.2) is 12.9 Å². The van der Waals surface area contributed by atoms with E-state index in [1.807, 2.05) is 19.1 Å². The van der Waals surface area contributed by atoms with E-state index in [4.69, 9.17) is 10.6 Å². The Kier molecular flexibility index (Phi) is 5.61. The number of thioether (sulfide) groups is 1. The first-order valence-corrected chi connectivity index (χ1v) is 7.61. The van der Waals surface area contributed by atoms with Crippen LogP contribution in [0.4, 0.5) is 4.39 Å². The monoisotopic (exact) mass is 306 g/mol. The zero-order chi connectivity index (χ0) is 15.2. The summed E-state index contributed by atoms with van der Waals surface area (Å²) in [5.74, 6) is 6.99. The number of rotatable bonds is 6. The van der Waals surface area contributed by atoms with Gasteiger partial charge in [0.1, 0.15) is 11.6 Å². The summed E-state index contributed by atoms with van der Waals surface area (Å²) in [5, 5.41) is 0. The van der Waals surface area contributed by atoms with Gasteiger partial charge in [-0.15, -0.1) is 11.8 Å². The third-order valence-electron chi connectivity index (χ3n) is 3.19. The minimum atomic E-state index is -0.229. The fourth-order valence-electron chi connectivity index (χ4n) is 2.06. The second kappa shape index (κ2) is 7.45. The second-order valence-electron chi connectivity index (χ2n) is 4.73. The lowest BCUT2D eigenvalue weighted by molar-refractivity contribution is 0.402. The summed E-state index contributed by atoms with van der Waals surface area (Å²) in [4.78, 5) is 1.00. The van der Waals surface area contributed by atoms with Crippen molar-refractivity contribution < 1.29 is 9.13 Å². The minimum absolute atomic E-state index is 0.0464. The Morgan fingerprint density at radius 2 is 1.95 bits per heavy atom. The zero-order valence-electron chi connectivity index (χ0n) is 12.1. The first-order valence-electron chi connectivity index (χ1n) is 6.63. The van der Waals surface area contributed by atoms with E-state index >= 15 is 0 Å². The summed E-state index contributed by atoms with van der Waals surface area (Å²) in [5.41, 5.74) is 5.00. The Morgan fingerprint density at radius 1 is 1.24 bits per heavy atom. The van der Waals surface area contributed by atoms with Crippen LogP contribution in [0.25, 0.3) is 0 Å². The summed E-state index contributed by atoms with van der Waals surface area (Å²) < 4.78 is 18.3. The molecule has 0 spiro atoms. The highest BCUT2D eigenvalue weighted by Crippen LogP contribution is 2.30. The van der Waals surface area contributed by atoms with Gasteiger partial charge in [0.05, 0.1) is 13.2 Å². The van der Waals surface area contributed by atoms with Crippen LogP contribution in [-0.2, 0) is 0 Å². The molecule has 3 nitrogen and oxygen atoms in total. The molecule has 0 saturated carbocycles. The number of nitrogens with two attached hydrogens (primary N) is 1. The number of hydrogen-bond acceptors (Lipinski definition) is 4. The third kappa shape index (κ3) is 4.20. The topological polar surface area (TPSA) is 47.3 Å². The summed E-state index contributed by atoms with van der Waals surface area (Å²) in [6.07, 6.45) is 0. The van der Waals surface area contributed by atoms with Gasteiger partial charge >= 0.3 is 0 Å². The van der Waals surface area contributed by atoms with Crippen molar-refractivity contribution in [3.05, 3.63) is 59.4 Å². The quantitative estimate of drug-likeness (QED) is 0.487. The lowest BCUT2D eigenvalue weighted by Crippen LogP contribution is -2.30. The lowest BCUT2D eigenvalue weighted by Gasteiger charge is -2.19. The van der Waals surface area contributed by atoms with Crippen molar-refractivity contribution in [2.24, 2.45) is 5.84 Å². The smallest absolute Gasteiger partial charge is 0.123 e. The van der Waals surface area contributed by atoms with Crippen LogP contribution in [0.2, 0.25) is 0 Å². The average molecular weight is 306 g/mol. The molecular formula is C16H19FN2OS. The number of hydrazine groups is 1. The number of aryl methyl sites for hydroxylation is 1. The second-order valence-corrected chi connectivity index (χ2v) is 5.82. The normalized spacial score (nSPS) is 12.2. The van der Waals surface area contributed by atoms with E-state index in [-0.39, 0.29) is 11.9 Å². The Labute approximate surface area is 128 Å². The van der Waals surface area contributed by atoms with Crippen molar-refractivity contribution in [3.8, 4) is 5.75 Å². The third-order valence-corrected chi connectivity index (χ3v) is 4.30. The molecule has 0 heterocycles. The van der Waals surface area contributed by atoms with Gasteiger partial charge in [0.2, 0.25) is 0 Å². The van der Waals surface area contributed by atoms with Crippen LogP contribution < -0.4 is 16.0 Å². The van der Waals surface area contributed by atoms with E-state index in [1.54, 1.807) is 31.0 Å². The predicted octanol–water partition coefficient (Wildman–Crippen LogP) is 3.44. The van der Waals surface area contributed by atoms with Gasteiger partial charge in [0.25, 0.3) is 0 Å². The van der Waals surface area contributed by atoms with Gasteiger partial charge in [-0.2, -0.15) is 0 Å². The van der Waals surface area contributed by atoms with Gasteiger partial charge in [0, 0.05) is 16.2 Å². The van der Waals surface area contributed by atoms with E-state index in [0.717, 1.165) is 27.5 Å². The predicted molar refractivity (Wildman–Crippen MR) is 84.9 cm³/mol. The molecule has 1 atom stereocenters. The van der Waals surface area contributed by atoms with Gasteiger partial charge in [0.15, 0.2) is 0 Å². The highest BCUT2D eigenvalue weighted by Gasteiger charge is 2.15. The Bertz CT molecular complexity index is 589. The van der Waals surface area contributed by atoms with Crippen LogP contribution in [0.5, 0.6) is 5.75 Å². The first kappa shape index (κ1) is 15.8. The van der Waals surface area contributed by atoms with E-state index in [9.17, 15) is 4.39 Å². The molecular weight excluding hydrogens is 287 g/mol. The summed E-state index contributed by atoms with van der Waals surface area (Å²) in [6, 6.07) is 12.4. The summed E-state index contributed by atoms with van der Waals surface area (Å²) in [6.45, 7) is 2.03. The molecule has 112 valence electrons. The largest absolute Gasteiger partial charge is 0.496 e. The number of ether oxygens (including phenoxy) is 1. The molecule has 2 aromatic rings. The maximum Gasteiger partial charge on any atom is 0.123 e. The molecule has 0 saturated heterocycles. The fraction of sp³-hybridized carbons (Fsp3) is 0.250. The van der Waals surface area contributed by atoms with Crippen LogP contribution in [0.15, 0.2) is 47.4 Å². The van der Waals surface area contributed by atoms with Crippen LogP contribution in [0.1, 0.15) is 17.2 Å². The molecule has 5 heteroatoms. The van der Waals surface area contributed by atoms with Gasteiger partial charge in [-0.25, -0.2) is 4.39 Å². The highest BCUT2D eigenvalue weighted by atomic mass is 32.2. The molecule has 0 radical (unpaired) electrons. The summed E-state index contributed by atoms with van der Waals surface area (Å²) >= 11 is 1.62. The number of benzene rings is 2. The van der Waals surface area contributed by atoms with Crippen LogP contribution in [0.3, 0.4) is 0 Å². The molecule has 2 aromatic carbocycles. The molecule has 0 bridgehead atoms. The maximum absolute atomic E-state index is 12.9. The Hall–Kier alpha value is -1.56. The van der Waals surface area contributed by atoms with Crippen molar-refractivity contribution in [2.75, 3.05) is 12.9 Å². The Balaban J connectivity index is 2.12. The van der Waals surface area contributed by atoms with Crippen molar-refractivity contribution >= 4 is 11.8 Å². The molecule has 0 fully saturated rings. The van der Waals surface area contributed by atoms with Crippen LogP contribution in [0, 0.1) is 12.7 Å². The SMILES string of the molecule is COc1ccc(C)cc1C(CSc1ccc(F)cc1)NN. The molecule has 3 N–H and O–H groups in total. The minimum Gasteiger partial charge on any atom is -0.496 e. The lowest BCUT2D eigenvalue weighted by atomic mass is 10.0. The van der Waals surface area contributed by atoms with Crippen molar-refractivity contribution in [1.82, 2.24) is 5.43 Å². The van der Waals surface area contributed by atoms with E-state index in [1.165, 1.54) is 12.1 Å². The zero-order valence-corrected chi connectivity index (χ0v) is 12.9. The van der Waals surface area contributed by atoms with Gasteiger partial charge in [-0.1, -0.05) is 17.7 Å². The van der Waals surface area contributed by atoms with Gasteiger partial charge in [-0.05, 0) is 37.3 Å². The molecule has 21 heavy (non-hydrogen) atoms. The van der Waals surface area contributed by atoms with E-state index in [0.29, 0.717) is 0 Å². The van der Waals surface area contributed by atoms with Crippen molar-refractivity contribution in [2.45, 2.75) is 17.9 Å². The molecule has 0 aliphatic rings. The first-order chi connectivity index (χ1) is 10.1. The number of hydrogen-bond donors (Lipinski definition) is 2. The highest BCUT2D eigenvalue weighted by molar-refractivity contribution is 7.99. The van der Waals surface area contributed by atoms with Gasteiger partial charge in [-0.3, -0.25) is 11.3 Å². The van der Waals surface area contributed by atoms with Crippen molar-refractivity contribution in [1.29, 1.82) is 0 Å². The van der Waals surface area contributed by atoms with Crippen LogP contribution >= 0.6 is 11.8 Å². The van der Waals surface area contributed by atoms with Gasteiger partial charge < -0.3 is 4.74 Å². The number of methoxy groups -OCH3 is 1. The fourth-order valence-corrected chi connectivity index (χ4v) is 3.03.